The van der Waals surface area contributed by atoms with Gasteiger partial charge in [0.25, 0.3) is 0 Å². The Labute approximate surface area is 114 Å². The molecule has 18 heavy (non-hydrogen) atoms. The monoisotopic (exact) mass is 303 g/mol. The smallest absolute Gasteiger partial charge is 0.124 e. The van der Waals surface area contributed by atoms with Crippen LogP contribution in [-0.2, 0) is 0 Å². The summed E-state index contributed by atoms with van der Waals surface area (Å²) in [7, 11) is 1.94. The van der Waals surface area contributed by atoms with E-state index in [4.69, 9.17) is 0 Å². The molecule has 2 N–H and O–H groups in total. The number of nitrogens with one attached hydrogen (secondary N) is 2. The van der Waals surface area contributed by atoms with Crippen LogP contribution in [0.4, 0.5) is 0 Å². The maximum atomic E-state index is 4.63. The van der Waals surface area contributed by atoms with Gasteiger partial charge in [0.2, 0.25) is 0 Å². The second kappa shape index (κ2) is 4.37. The highest BCUT2D eigenvalue weighted by Gasteiger charge is 2.10. The molecule has 0 bridgehead atoms. The summed E-state index contributed by atoms with van der Waals surface area (Å²) in [5.74, 6) is 0.975. The molecular formula is C14H14BrN3. The average molecular weight is 304 g/mol. The number of fused-ring (bicyclic) bond motifs is 3. The zero-order chi connectivity index (χ0) is 12.7. The first-order valence-corrected chi connectivity index (χ1v) is 6.73. The van der Waals surface area contributed by atoms with Crippen LogP contribution < -0.4 is 5.32 Å². The maximum absolute atomic E-state index is 4.63. The number of hydrogen-bond acceptors (Lipinski definition) is 2. The lowest BCUT2D eigenvalue weighted by Gasteiger charge is -2.04. The van der Waals surface area contributed by atoms with Gasteiger partial charge in [-0.15, -0.1) is 0 Å². The molecule has 0 spiro atoms. The van der Waals surface area contributed by atoms with Crippen molar-refractivity contribution in [1.29, 1.82) is 0 Å². The van der Waals surface area contributed by atoms with E-state index < -0.39 is 0 Å². The lowest BCUT2D eigenvalue weighted by atomic mass is 10.1. The molecule has 1 aromatic heterocycles. The molecule has 2 aromatic carbocycles. The third kappa shape index (κ3) is 1.82. The van der Waals surface area contributed by atoms with Gasteiger partial charge in [0, 0.05) is 9.86 Å². The number of aromatic nitrogens is 2. The van der Waals surface area contributed by atoms with Gasteiger partial charge in [0.15, 0.2) is 0 Å². The Hall–Kier alpha value is -1.39. The van der Waals surface area contributed by atoms with E-state index in [1.807, 2.05) is 7.05 Å². The first-order valence-electron chi connectivity index (χ1n) is 5.94. The molecule has 0 saturated carbocycles. The van der Waals surface area contributed by atoms with Crippen LogP contribution in [0.5, 0.6) is 0 Å². The molecule has 3 nitrogen and oxygen atoms in total. The fourth-order valence-electron chi connectivity index (χ4n) is 2.14. The van der Waals surface area contributed by atoms with Crippen LogP contribution >= 0.6 is 15.9 Å². The number of hydrogen-bond donors (Lipinski definition) is 2. The molecule has 0 aliphatic heterocycles. The largest absolute Gasteiger partial charge is 0.340 e. The van der Waals surface area contributed by atoms with E-state index in [2.05, 4.69) is 68.5 Å². The Kier molecular flexibility index (Phi) is 2.84. The van der Waals surface area contributed by atoms with Crippen molar-refractivity contribution in [3.63, 3.8) is 0 Å². The number of aromatic amines is 1. The third-order valence-corrected chi connectivity index (χ3v) is 3.79. The van der Waals surface area contributed by atoms with Gasteiger partial charge in [0.05, 0.1) is 17.1 Å². The summed E-state index contributed by atoms with van der Waals surface area (Å²) in [6.45, 7) is 2.09. The Morgan fingerprint density at radius 2 is 2.11 bits per heavy atom. The van der Waals surface area contributed by atoms with E-state index in [0.29, 0.717) is 0 Å². The van der Waals surface area contributed by atoms with E-state index in [0.717, 1.165) is 21.3 Å². The van der Waals surface area contributed by atoms with Crippen molar-refractivity contribution in [1.82, 2.24) is 15.3 Å². The van der Waals surface area contributed by atoms with E-state index in [-0.39, 0.29) is 6.04 Å². The fraction of sp³-hybridized carbons (Fsp3) is 0.214. The number of halogens is 1. The summed E-state index contributed by atoms with van der Waals surface area (Å²) in [4.78, 5) is 8.05. The SMILES string of the molecule is CN[C@H](C)c1nc2ccc3cc(Br)ccc3c2[nH]1. The summed E-state index contributed by atoms with van der Waals surface area (Å²) >= 11 is 3.50. The fourth-order valence-corrected chi connectivity index (χ4v) is 2.52. The molecule has 4 heteroatoms. The summed E-state index contributed by atoms with van der Waals surface area (Å²) in [5, 5.41) is 5.62. The molecular weight excluding hydrogens is 290 g/mol. The maximum Gasteiger partial charge on any atom is 0.124 e. The predicted molar refractivity (Wildman–Crippen MR) is 78.8 cm³/mol. The summed E-state index contributed by atoms with van der Waals surface area (Å²) in [6.07, 6.45) is 0. The summed E-state index contributed by atoms with van der Waals surface area (Å²) in [6, 6.07) is 10.7. The van der Waals surface area contributed by atoms with Gasteiger partial charge < -0.3 is 10.3 Å². The normalized spacial score (nSPS) is 13.3. The Morgan fingerprint density at radius 1 is 1.28 bits per heavy atom. The predicted octanol–water partition coefficient (Wildman–Crippen LogP) is 3.76. The van der Waals surface area contributed by atoms with Gasteiger partial charge in [-0.25, -0.2) is 4.98 Å². The molecule has 0 aliphatic rings. The minimum Gasteiger partial charge on any atom is -0.340 e. The van der Waals surface area contributed by atoms with E-state index in [1.165, 1.54) is 10.8 Å². The van der Waals surface area contributed by atoms with Crippen LogP contribution in [0.15, 0.2) is 34.8 Å². The Morgan fingerprint density at radius 3 is 2.89 bits per heavy atom. The zero-order valence-electron chi connectivity index (χ0n) is 10.3. The van der Waals surface area contributed by atoms with Crippen LogP contribution in [0, 0.1) is 0 Å². The van der Waals surface area contributed by atoms with Gasteiger partial charge in [0.1, 0.15) is 5.82 Å². The van der Waals surface area contributed by atoms with E-state index in [9.17, 15) is 0 Å². The van der Waals surface area contributed by atoms with Crippen molar-refractivity contribution in [2.24, 2.45) is 0 Å². The van der Waals surface area contributed by atoms with Gasteiger partial charge >= 0.3 is 0 Å². The third-order valence-electron chi connectivity index (χ3n) is 3.30. The molecule has 0 fully saturated rings. The number of rotatable bonds is 2. The van der Waals surface area contributed by atoms with Gasteiger partial charge in [-0.1, -0.05) is 28.1 Å². The quantitative estimate of drug-likeness (QED) is 0.757. The number of benzene rings is 2. The summed E-state index contributed by atoms with van der Waals surface area (Å²) < 4.78 is 1.10. The molecule has 3 rings (SSSR count). The molecule has 92 valence electrons. The molecule has 0 unspecified atom stereocenters. The van der Waals surface area contributed by atoms with E-state index >= 15 is 0 Å². The van der Waals surface area contributed by atoms with Crippen LogP contribution in [0.25, 0.3) is 21.8 Å². The zero-order valence-corrected chi connectivity index (χ0v) is 11.9. The number of H-pyrrole nitrogens is 1. The molecule has 1 heterocycles. The van der Waals surface area contributed by atoms with Crippen LogP contribution in [0.1, 0.15) is 18.8 Å². The molecule has 1 atom stereocenters. The Balaban J connectivity index is 2.30. The van der Waals surface area contributed by atoms with E-state index in [1.54, 1.807) is 0 Å². The molecule has 0 aliphatic carbocycles. The first-order chi connectivity index (χ1) is 8.69. The van der Waals surface area contributed by atoms with Gasteiger partial charge in [-0.3, -0.25) is 0 Å². The average Bonchev–Trinajstić information content (AvgIpc) is 2.81. The highest BCUT2D eigenvalue weighted by atomic mass is 79.9. The van der Waals surface area contributed by atoms with Crippen molar-refractivity contribution in [2.75, 3.05) is 7.05 Å². The van der Waals surface area contributed by atoms with Gasteiger partial charge in [-0.05, 0) is 37.6 Å². The van der Waals surface area contributed by atoms with Crippen LogP contribution in [-0.4, -0.2) is 17.0 Å². The van der Waals surface area contributed by atoms with Crippen molar-refractivity contribution >= 4 is 37.7 Å². The van der Waals surface area contributed by atoms with Gasteiger partial charge in [-0.2, -0.15) is 0 Å². The minimum atomic E-state index is 0.225. The molecule has 3 aromatic rings. The first kappa shape index (κ1) is 11.7. The van der Waals surface area contributed by atoms with Crippen molar-refractivity contribution < 1.29 is 0 Å². The highest BCUT2D eigenvalue weighted by molar-refractivity contribution is 9.10. The summed E-state index contributed by atoms with van der Waals surface area (Å²) in [5.41, 5.74) is 2.12. The second-order valence-corrected chi connectivity index (χ2v) is 5.37. The lowest BCUT2D eigenvalue weighted by molar-refractivity contribution is 0.620. The topological polar surface area (TPSA) is 40.7 Å². The number of imidazole rings is 1. The molecule has 0 saturated heterocycles. The molecule has 0 radical (unpaired) electrons. The standard InChI is InChI=1S/C14H14BrN3/c1-8(16-2)14-17-12-6-3-9-7-10(15)4-5-11(9)13(12)18-14/h3-8,16H,1-2H3,(H,17,18)/t8-/m1/s1. The highest BCUT2D eigenvalue weighted by Crippen LogP contribution is 2.27. The molecule has 0 amide bonds. The number of nitrogens with zero attached hydrogens (tertiary/aromatic N) is 1. The van der Waals surface area contributed by atoms with Crippen molar-refractivity contribution in [2.45, 2.75) is 13.0 Å². The Bertz CT molecular complexity index is 717. The minimum absolute atomic E-state index is 0.225. The van der Waals surface area contributed by atoms with Crippen LogP contribution in [0.2, 0.25) is 0 Å². The van der Waals surface area contributed by atoms with Crippen LogP contribution in [0.3, 0.4) is 0 Å². The van der Waals surface area contributed by atoms with Crippen molar-refractivity contribution in [3.8, 4) is 0 Å². The van der Waals surface area contributed by atoms with Crippen molar-refractivity contribution in [3.05, 3.63) is 40.6 Å². The lowest BCUT2D eigenvalue weighted by Crippen LogP contribution is -2.13. The second-order valence-electron chi connectivity index (χ2n) is 4.46.